The van der Waals surface area contributed by atoms with Crippen molar-refractivity contribution < 1.29 is 19.4 Å². The molecule has 1 aromatic rings. The van der Waals surface area contributed by atoms with Crippen molar-refractivity contribution >= 4 is 23.0 Å². The average molecular weight is 267 g/mol. The molecule has 0 spiro atoms. The number of rotatable bonds is 3. The Morgan fingerprint density at radius 1 is 1.11 bits per heavy atom. The van der Waals surface area contributed by atoms with Gasteiger partial charge >= 0.3 is 5.97 Å². The molecule has 0 amide bonds. The van der Waals surface area contributed by atoms with E-state index in [1.54, 1.807) is 12.1 Å². The highest BCUT2D eigenvalue weighted by atomic mass is 32.2. The number of ether oxygens (including phenoxy) is 1. The van der Waals surface area contributed by atoms with Crippen LogP contribution in [0.5, 0.6) is 0 Å². The van der Waals surface area contributed by atoms with Gasteiger partial charge < -0.3 is 9.84 Å². The molecular weight excluding hydrogens is 254 g/mol. The first kappa shape index (κ1) is 13.1. The molecule has 1 N–H and O–H groups in total. The van der Waals surface area contributed by atoms with Crippen LogP contribution in [0.3, 0.4) is 0 Å². The number of benzene rings is 1. The summed E-state index contributed by atoms with van der Waals surface area (Å²) in [4.78, 5) is 22.6. The molecule has 18 heavy (non-hydrogen) atoms. The molecule has 2 rings (SSSR count). The van der Waals surface area contributed by atoms with Gasteiger partial charge in [-0.3, -0.25) is 4.79 Å². The minimum atomic E-state index is -0.991. The number of carbonyl (C=O) groups excluding carboxylic acids is 1. The van der Waals surface area contributed by atoms with Crippen LogP contribution >= 0.6 is 11.9 Å². The standard InChI is InChI=1S/C12H13NO4S/c14-11(15)9-1-3-10(4-2-9)12(16)18-13-5-7-17-8-6-13/h1-4H,5-8H2,(H,14,15). The van der Waals surface area contributed by atoms with Gasteiger partial charge in [-0.1, -0.05) is 0 Å². The van der Waals surface area contributed by atoms with Gasteiger partial charge in [0.1, 0.15) is 0 Å². The molecule has 0 saturated carbocycles. The highest BCUT2D eigenvalue weighted by Gasteiger charge is 2.16. The van der Waals surface area contributed by atoms with Gasteiger partial charge in [0.15, 0.2) is 0 Å². The monoisotopic (exact) mass is 267 g/mol. The molecule has 1 aromatic carbocycles. The number of morpholine rings is 1. The molecule has 1 aliphatic heterocycles. The summed E-state index contributed by atoms with van der Waals surface area (Å²) in [5.41, 5.74) is 0.694. The Labute approximate surface area is 109 Å². The topological polar surface area (TPSA) is 66.8 Å². The van der Waals surface area contributed by atoms with Crippen LogP contribution < -0.4 is 0 Å². The lowest BCUT2D eigenvalue weighted by molar-refractivity contribution is 0.0696. The smallest absolute Gasteiger partial charge is 0.335 e. The zero-order chi connectivity index (χ0) is 13.0. The first-order chi connectivity index (χ1) is 8.66. The molecular formula is C12H13NO4S. The zero-order valence-corrected chi connectivity index (χ0v) is 10.5. The van der Waals surface area contributed by atoms with E-state index in [-0.39, 0.29) is 10.7 Å². The normalized spacial score (nSPS) is 16.4. The number of carbonyl (C=O) groups is 2. The van der Waals surface area contributed by atoms with Gasteiger partial charge in [0.2, 0.25) is 5.12 Å². The maximum absolute atomic E-state index is 11.9. The first-order valence-corrected chi connectivity index (χ1v) is 6.32. The minimum absolute atomic E-state index is 0.0751. The Balaban J connectivity index is 1.97. The van der Waals surface area contributed by atoms with Crippen LogP contribution in [-0.4, -0.2) is 46.8 Å². The summed E-state index contributed by atoms with van der Waals surface area (Å²) in [5, 5.41) is 8.69. The second-order valence-electron chi connectivity index (χ2n) is 3.80. The first-order valence-electron chi connectivity index (χ1n) is 5.55. The summed E-state index contributed by atoms with van der Waals surface area (Å²) >= 11 is 1.15. The third-order valence-electron chi connectivity index (χ3n) is 2.55. The van der Waals surface area contributed by atoms with E-state index in [4.69, 9.17) is 9.84 Å². The molecule has 6 heteroatoms. The zero-order valence-electron chi connectivity index (χ0n) is 9.67. The Morgan fingerprint density at radius 3 is 2.22 bits per heavy atom. The summed E-state index contributed by atoms with van der Waals surface area (Å²) in [6.45, 7) is 2.73. The van der Waals surface area contributed by atoms with Crippen molar-refractivity contribution in [2.75, 3.05) is 26.3 Å². The van der Waals surface area contributed by atoms with Gasteiger partial charge in [0.05, 0.1) is 18.8 Å². The summed E-state index contributed by atoms with van der Waals surface area (Å²) in [6, 6.07) is 5.96. The Bertz CT molecular complexity index is 440. The highest BCUT2D eigenvalue weighted by molar-refractivity contribution is 8.12. The van der Waals surface area contributed by atoms with Crippen molar-refractivity contribution in [1.29, 1.82) is 0 Å². The van der Waals surface area contributed by atoms with Gasteiger partial charge in [-0.05, 0) is 24.3 Å². The molecule has 5 nitrogen and oxygen atoms in total. The van der Waals surface area contributed by atoms with E-state index in [1.165, 1.54) is 12.1 Å². The fourth-order valence-electron chi connectivity index (χ4n) is 1.56. The van der Waals surface area contributed by atoms with Gasteiger partial charge in [-0.25, -0.2) is 9.10 Å². The highest BCUT2D eigenvalue weighted by Crippen LogP contribution is 2.18. The van der Waals surface area contributed by atoms with E-state index in [9.17, 15) is 9.59 Å². The van der Waals surface area contributed by atoms with Crippen LogP contribution in [0.25, 0.3) is 0 Å². The van der Waals surface area contributed by atoms with E-state index in [0.717, 1.165) is 25.0 Å². The molecule has 1 fully saturated rings. The average Bonchev–Trinajstić information content (AvgIpc) is 2.40. The van der Waals surface area contributed by atoms with E-state index in [0.29, 0.717) is 18.8 Å². The van der Waals surface area contributed by atoms with Gasteiger partial charge in [0.25, 0.3) is 0 Å². The predicted molar refractivity (Wildman–Crippen MR) is 67.7 cm³/mol. The van der Waals surface area contributed by atoms with Crippen molar-refractivity contribution in [3.8, 4) is 0 Å². The predicted octanol–water partition coefficient (Wildman–Crippen LogP) is 1.51. The molecule has 1 saturated heterocycles. The summed E-state index contributed by atoms with van der Waals surface area (Å²) in [7, 11) is 0. The maximum atomic E-state index is 11.9. The number of nitrogens with zero attached hydrogens (tertiary/aromatic N) is 1. The SMILES string of the molecule is O=C(O)c1ccc(C(=O)SN2CCOCC2)cc1. The Morgan fingerprint density at radius 2 is 1.67 bits per heavy atom. The van der Waals surface area contributed by atoms with Crippen molar-refractivity contribution in [3.05, 3.63) is 35.4 Å². The molecule has 0 aliphatic carbocycles. The summed E-state index contributed by atoms with van der Waals surface area (Å²) < 4.78 is 7.15. The van der Waals surface area contributed by atoms with E-state index in [1.807, 2.05) is 4.31 Å². The molecule has 0 bridgehead atoms. The molecule has 96 valence electrons. The number of carboxylic acid groups (broad SMARTS) is 1. The number of carboxylic acids is 1. The summed E-state index contributed by atoms with van der Waals surface area (Å²) in [6.07, 6.45) is 0. The van der Waals surface area contributed by atoms with Crippen LogP contribution in [-0.2, 0) is 4.74 Å². The minimum Gasteiger partial charge on any atom is -0.478 e. The van der Waals surface area contributed by atoms with E-state index in [2.05, 4.69) is 0 Å². The van der Waals surface area contributed by atoms with Crippen LogP contribution in [0.4, 0.5) is 0 Å². The lowest BCUT2D eigenvalue weighted by Crippen LogP contribution is -2.32. The van der Waals surface area contributed by atoms with Crippen LogP contribution in [0, 0.1) is 0 Å². The second-order valence-corrected chi connectivity index (χ2v) is 4.87. The van der Waals surface area contributed by atoms with Crippen molar-refractivity contribution in [2.24, 2.45) is 0 Å². The fourth-order valence-corrected chi connectivity index (χ4v) is 2.36. The lowest BCUT2D eigenvalue weighted by Gasteiger charge is -2.24. The maximum Gasteiger partial charge on any atom is 0.335 e. The number of hydrogen-bond donors (Lipinski definition) is 1. The second kappa shape index (κ2) is 5.99. The molecule has 0 unspecified atom stereocenters. The third kappa shape index (κ3) is 3.32. The number of aromatic carboxylic acids is 1. The van der Waals surface area contributed by atoms with Gasteiger partial charge in [0, 0.05) is 30.6 Å². The summed E-state index contributed by atoms with van der Waals surface area (Å²) in [5.74, 6) is -0.991. The third-order valence-corrected chi connectivity index (χ3v) is 3.57. The van der Waals surface area contributed by atoms with Crippen LogP contribution in [0.2, 0.25) is 0 Å². The van der Waals surface area contributed by atoms with E-state index < -0.39 is 5.97 Å². The van der Waals surface area contributed by atoms with Crippen LogP contribution in [0.15, 0.2) is 24.3 Å². The molecule has 1 heterocycles. The van der Waals surface area contributed by atoms with E-state index >= 15 is 0 Å². The quantitative estimate of drug-likeness (QED) is 0.837. The van der Waals surface area contributed by atoms with Crippen molar-refractivity contribution in [3.63, 3.8) is 0 Å². The molecule has 0 radical (unpaired) electrons. The fraction of sp³-hybridized carbons (Fsp3) is 0.333. The van der Waals surface area contributed by atoms with Crippen LogP contribution in [0.1, 0.15) is 20.7 Å². The van der Waals surface area contributed by atoms with Crippen molar-refractivity contribution in [1.82, 2.24) is 4.31 Å². The van der Waals surface area contributed by atoms with Gasteiger partial charge in [-0.2, -0.15) is 0 Å². The molecule has 0 atom stereocenters. The van der Waals surface area contributed by atoms with Crippen molar-refractivity contribution in [2.45, 2.75) is 0 Å². The molecule has 0 aromatic heterocycles. The Kier molecular flexibility index (Phi) is 4.35. The van der Waals surface area contributed by atoms with Gasteiger partial charge in [-0.15, -0.1) is 0 Å². The largest absolute Gasteiger partial charge is 0.478 e. The number of hydrogen-bond acceptors (Lipinski definition) is 5. The Hall–Kier alpha value is -1.37. The lowest BCUT2D eigenvalue weighted by atomic mass is 10.1. The molecule has 1 aliphatic rings.